The summed E-state index contributed by atoms with van der Waals surface area (Å²) >= 11 is 5.82. The number of sulfonamides is 1. The van der Waals surface area contributed by atoms with Gasteiger partial charge in [-0.25, -0.2) is 12.8 Å². The zero-order chi connectivity index (χ0) is 32.9. The molecule has 4 rings (SSSR count). The summed E-state index contributed by atoms with van der Waals surface area (Å²) in [6.07, 6.45) is -1.27. The Morgan fingerprint density at radius 1 is 1.00 bits per heavy atom. The van der Waals surface area contributed by atoms with Gasteiger partial charge >= 0.3 is 6.18 Å². The van der Waals surface area contributed by atoms with E-state index in [1.54, 1.807) is 13.8 Å². The summed E-state index contributed by atoms with van der Waals surface area (Å²) in [4.78, 5) is 28.6. The van der Waals surface area contributed by atoms with Crippen LogP contribution in [0.3, 0.4) is 0 Å². The second-order valence-corrected chi connectivity index (χ2v) is 13.3. The van der Waals surface area contributed by atoms with Crippen LogP contribution in [0.25, 0.3) is 0 Å². The van der Waals surface area contributed by atoms with E-state index >= 15 is 0 Å². The second kappa shape index (κ2) is 14.2. The molecule has 1 atom stereocenters. The second-order valence-electron chi connectivity index (χ2n) is 11.0. The monoisotopic (exact) mass is 667 g/mol. The molecule has 2 amide bonds. The van der Waals surface area contributed by atoms with Gasteiger partial charge < -0.3 is 10.2 Å². The lowest BCUT2D eigenvalue weighted by Gasteiger charge is -2.34. The van der Waals surface area contributed by atoms with Gasteiger partial charge in [-0.05, 0) is 74.2 Å². The van der Waals surface area contributed by atoms with Gasteiger partial charge in [-0.3, -0.25) is 13.9 Å². The molecule has 0 unspecified atom stereocenters. The number of hydrogen-bond donors (Lipinski definition) is 1. The maximum atomic E-state index is 14.1. The zero-order valence-electron chi connectivity index (χ0n) is 24.8. The predicted octanol–water partition coefficient (Wildman–Crippen LogP) is 6.87. The van der Waals surface area contributed by atoms with Crippen molar-refractivity contribution >= 4 is 39.1 Å². The van der Waals surface area contributed by atoms with E-state index in [-0.39, 0.29) is 23.9 Å². The van der Waals surface area contributed by atoms with Crippen LogP contribution in [0.1, 0.15) is 55.7 Å². The molecule has 1 fully saturated rings. The highest BCUT2D eigenvalue weighted by Gasteiger charge is 2.37. The van der Waals surface area contributed by atoms with Gasteiger partial charge in [0, 0.05) is 12.6 Å². The van der Waals surface area contributed by atoms with Crippen molar-refractivity contribution in [2.24, 2.45) is 0 Å². The summed E-state index contributed by atoms with van der Waals surface area (Å²) in [5.41, 5.74) is -0.503. The van der Waals surface area contributed by atoms with Crippen LogP contribution in [0, 0.1) is 12.7 Å². The fraction of sp³-hybridized carbons (Fsp3) is 0.375. The minimum Gasteiger partial charge on any atom is -0.352 e. The van der Waals surface area contributed by atoms with E-state index in [2.05, 4.69) is 5.32 Å². The quantitative estimate of drug-likeness (QED) is 0.226. The first kappa shape index (κ1) is 34.2. The van der Waals surface area contributed by atoms with Crippen molar-refractivity contribution in [3.63, 3.8) is 0 Å². The minimum atomic E-state index is -4.91. The molecule has 0 aromatic heterocycles. The smallest absolute Gasteiger partial charge is 0.352 e. The molecule has 1 aliphatic rings. The maximum absolute atomic E-state index is 14.1. The molecule has 0 spiro atoms. The van der Waals surface area contributed by atoms with Gasteiger partial charge in [-0.2, -0.15) is 13.2 Å². The molecular formula is C32H34ClF4N3O4S. The third-order valence-electron chi connectivity index (χ3n) is 7.78. The summed E-state index contributed by atoms with van der Waals surface area (Å²) in [6, 6.07) is 12.4. The predicted molar refractivity (Wildman–Crippen MR) is 164 cm³/mol. The van der Waals surface area contributed by atoms with Crippen LogP contribution >= 0.6 is 11.6 Å². The molecule has 7 nitrogen and oxygen atoms in total. The van der Waals surface area contributed by atoms with Crippen molar-refractivity contribution in [1.29, 1.82) is 0 Å². The van der Waals surface area contributed by atoms with E-state index < -0.39 is 62.7 Å². The number of anilines is 1. The third-order valence-corrected chi connectivity index (χ3v) is 9.90. The zero-order valence-corrected chi connectivity index (χ0v) is 26.4. The van der Waals surface area contributed by atoms with Crippen molar-refractivity contribution in [1.82, 2.24) is 10.2 Å². The molecule has 242 valence electrons. The number of hydrogen-bond acceptors (Lipinski definition) is 4. The molecule has 1 N–H and O–H groups in total. The van der Waals surface area contributed by atoms with Gasteiger partial charge in [0.05, 0.1) is 21.2 Å². The largest absolute Gasteiger partial charge is 0.417 e. The maximum Gasteiger partial charge on any atom is 0.417 e. The molecule has 0 saturated heterocycles. The Bertz CT molecular complexity index is 1610. The average molecular weight is 668 g/mol. The molecule has 1 saturated carbocycles. The number of carbonyl (C=O) groups is 2. The van der Waals surface area contributed by atoms with Crippen LogP contribution in [0.4, 0.5) is 23.2 Å². The molecule has 0 aliphatic heterocycles. The highest BCUT2D eigenvalue weighted by Crippen LogP contribution is 2.38. The van der Waals surface area contributed by atoms with Crippen molar-refractivity contribution in [3.05, 3.63) is 94.3 Å². The molecule has 0 bridgehead atoms. The van der Waals surface area contributed by atoms with Crippen LogP contribution in [0.5, 0.6) is 0 Å². The number of nitrogens with one attached hydrogen (secondary N) is 1. The van der Waals surface area contributed by atoms with Gasteiger partial charge in [0.25, 0.3) is 10.0 Å². The first-order valence-electron chi connectivity index (χ1n) is 14.5. The molecule has 3 aromatic carbocycles. The average Bonchev–Trinajstić information content (AvgIpc) is 3.49. The molecular weight excluding hydrogens is 634 g/mol. The van der Waals surface area contributed by atoms with Crippen molar-refractivity contribution in [2.75, 3.05) is 10.8 Å². The van der Waals surface area contributed by atoms with E-state index in [0.717, 1.165) is 43.4 Å². The summed E-state index contributed by atoms with van der Waals surface area (Å²) in [6.45, 7) is 2.33. The van der Waals surface area contributed by atoms with E-state index in [1.807, 2.05) is 0 Å². The number of halogens is 5. The highest BCUT2D eigenvalue weighted by atomic mass is 35.5. The topological polar surface area (TPSA) is 86.8 Å². The number of amides is 2. The van der Waals surface area contributed by atoms with Crippen LogP contribution < -0.4 is 9.62 Å². The Hall–Kier alpha value is -3.64. The lowest BCUT2D eigenvalue weighted by atomic mass is 10.1. The Morgan fingerprint density at radius 3 is 2.20 bits per heavy atom. The highest BCUT2D eigenvalue weighted by molar-refractivity contribution is 7.92. The van der Waals surface area contributed by atoms with Gasteiger partial charge in [0.15, 0.2) is 0 Å². The lowest BCUT2D eigenvalue weighted by Crippen LogP contribution is -2.53. The van der Waals surface area contributed by atoms with E-state index in [9.17, 15) is 35.6 Å². The minimum absolute atomic E-state index is 0.0670. The molecule has 13 heteroatoms. The Labute approximate surface area is 265 Å². The van der Waals surface area contributed by atoms with E-state index in [0.29, 0.717) is 15.9 Å². The fourth-order valence-corrected chi connectivity index (χ4v) is 6.96. The van der Waals surface area contributed by atoms with Crippen LogP contribution in [0.15, 0.2) is 71.6 Å². The van der Waals surface area contributed by atoms with Crippen molar-refractivity contribution < 1.29 is 35.6 Å². The number of nitrogens with zero attached hydrogens (tertiary/aromatic N) is 2. The van der Waals surface area contributed by atoms with Crippen LogP contribution in [0.2, 0.25) is 5.02 Å². The van der Waals surface area contributed by atoms with Gasteiger partial charge in [-0.15, -0.1) is 0 Å². The number of rotatable bonds is 11. The summed E-state index contributed by atoms with van der Waals surface area (Å²) < 4.78 is 83.7. The van der Waals surface area contributed by atoms with Crippen molar-refractivity contribution in [3.8, 4) is 0 Å². The summed E-state index contributed by atoms with van der Waals surface area (Å²) in [5, 5.41) is 2.33. The lowest BCUT2D eigenvalue weighted by molar-refractivity contribution is -0.140. The Kier molecular flexibility index (Phi) is 10.8. The molecule has 1 aliphatic carbocycles. The first-order chi connectivity index (χ1) is 21.2. The molecule has 3 aromatic rings. The summed E-state index contributed by atoms with van der Waals surface area (Å²) in [7, 11) is -4.60. The number of aryl methyl sites for hydroxylation is 1. The van der Waals surface area contributed by atoms with Gasteiger partial charge in [-0.1, -0.05) is 61.2 Å². The molecule has 45 heavy (non-hydrogen) atoms. The van der Waals surface area contributed by atoms with E-state index in [1.165, 1.54) is 53.4 Å². The van der Waals surface area contributed by atoms with Crippen molar-refractivity contribution in [2.45, 2.75) is 75.7 Å². The van der Waals surface area contributed by atoms with Crippen LogP contribution in [-0.4, -0.2) is 43.8 Å². The number of benzene rings is 3. The normalized spacial score (nSPS) is 14.6. The molecule has 0 heterocycles. The Morgan fingerprint density at radius 2 is 1.62 bits per heavy atom. The van der Waals surface area contributed by atoms with Crippen LogP contribution in [-0.2, 0) is 32.3 Å². The standard InChI is InChI=1S/C32H34ClF4N3O4S/c1-3-29(31(42)38-24-6-4-5-7-24)39(19-22-10-12-23(34)13-11-22)30(41)20-40(45(43,44)26-15-8-21(2)9-16-26)25-14-17-28(33)27(18-25)32(35,36)37/h8-18,24,29H,3-7,19-20H2,1-2H3,(H,38,42)/t29-/m0/s1. The van der Waals surface area contributed by atoms with Gasteiger partial charge in [0.1, 0.15) is 18.4 Å². The Balaban J connectivity index is 1.78. The van der Waals surface area contributed by atoms with Gasteiger partial charge in [0.2, 0.25) is 11.8 Å². The third kappa shape index (κ3) is 8.35. The van der Waals surface area contributed by atoms with E-state index in [4.69, 9.17) is 11.6 Å². The summed E-state index contributed by atoms with van der Waals surface area (Å²) in [5.74, 6) is -1.79. The SMILES string of the molecule is CC[C@@H](C(=O)NC1CCCC1)N(Cc1ccc(F)cc1)C(=O)CN(c1ccc(Cl)c(C(F)(F)F)c1)S(=O)(=O)c1ccc(C)cc1. The number of alkyl halides is 3. The number of carbonyl (C=O) groups excluding carboxylic acids is 2. The first-order valence-corrected chi connectivity index (χ1v) is 16.3. The fourth-order valence-electron chi connectivity index (χ4n) is 5.33. The molecule has 0 radical (unpaired) electrons.